The SMILES string of the molecule is C=C(Cc1cnc2c(CCC)cccc2c1C(/C=C\C)=C/C)NCCCCC.CCPO. The molecular formula is C28H43N2OP. The third-order valence-electron chi connectivity index (χ3n) is 5.24. The van der Waals surface area contributed by atoms with E-state index < -0.39 is 0 Å². The number of para-hydroxylation sites is 1. The summed E-state index contributed by atoms with van der Waals surface area (Å²) < 4.78 is 0. The monoisotopic (exact) mass is 454 g/mol. The van der Waals surface area contributed by atoms with E-state index in [2.05, 4.69) is 82.2 Å². The zero-order chi connectivity index (χ0) is 23.8. The summed E-state index contributed by atoms with van der Waals surface area (Å²) in [4.78, 5) is 12.8. The van der Waals surface area contributed by atoms with Gasteiger partial charge in [0.2, 0.25) is 0 Å². The zero-order valence-corrected chi connectivity index (χ0v) is 21.8. The van der Waals surface area contributed by atoms with Gasteiger partial charge in [-0.15, -0.1) is 0 Å². The zero-order valence-electron chi connectivity index (χ0n) is 20.8. The minimum absolute atomic E-state index is 0.140. The van der Waals surface area contributed by atoms with Gasteiger partial charge >= 0.3 is 0 Å². The van der Waals surface area contributed by atoms with Crippen LogP contribution in [0.5, 0.6) is 0 Å². The van der Waals surface area contributed by atoms with E-state index in [1.54, 1.807) is 0 Å². The van der Waals surface area contributed by atoms with Crippen molar-refractivity contribution in [3.05, 3.63) is 71.6 Å². The average Bonchev–Trinajstić information content (AvgIpc) is 2.81. The highest BCUT2D eigenvalue weighted by Gasteiger charge is 2.14. The number of benzene rings is 1. The van der Waals surface area contributed by atoms with E-state index in [1.165, 1.54) is 46.9 Å². The molecule has 32 heavy (non-hydrogen) atoms. The second-order valence-electron chi connectivity index (χ2n) is 7.89. The highest BCUT2D eigenvalue weighted by atomic mass is 31.1. The average molecular weight is 455 g/mol. The molecule has 0 spiro atoms. The van der Waals surface area contributed by atoms with Crippen LogP contribution < -0.4 is 5.32 Å². The molecule has 1 aromatic heterocycles. The lowest BCUT2D eigenvalue weighted by Crippen LogP contribution is -2.16. The second kappa shape index (κ2) is 16.6. The van der Waals surface area contributed by atoms with E-state index >= 15 is 0 Å². The summed E-state index contributed by atoms with van der Waals surface area (Å²) in [5.41, 5.74) is 7.31. The van der Waals surface area contributed by atoms with Crippen LogP contribution in [-0.4, -0.2) is 22.6 Å². The van der Waals surface area contributed by atoms with Crippen molar-refractivity contribution in [2.75, 3.05) is 12.7 Å². The van der Waals surface area contributed by atoms with Crippen molar-refractivity contribution >= 4 is 25.3 Å². The smallest absolute Gasteiger partial charge is 0.0740 e. The van der Waals surface area contributed by atoms with E-state index in [1.807, 2.05) is 6.92 Å². The molecule has 0 saturated carbocycles. The normalized spacial score (nSPS) is 11.9. The number of allylic oxidation sites excluding steroid dienone is 5. The predicted octanol–water partition coefficient (Wildman–Crippen LogP) is 7.59. The molecule has 2 N–H and O–H groups in total. The second-order valence-corrected chi connectivity index (χ2v) is 8.91. The minimum Gasteiger partial charge on any atom is -0.389 e. The van der Waals surface area contributed by atoms with E-state index in [-0.39, 0.29) is 8.81 Å². The van der Waals surface area contributed by atoms with Gasteiger partial charge in [-0.1, -0.05) is 83.0 Å². The molecule has 1 unspecified atom stereocenters. The first-order valence-corrected chi connectivity index (χ1v) is 13.2. The molecule has 1 heterocycles. The van der Waals surface area contributed by atoms with Gasteiger partial charge in [-0.25, -0.2) is 0 Å². The molecule has 0 fully saturated rings. The molecule has 0 saturated heterocycles. The Morgan fingerprint density at radius 2 is 1.88 bits per heavy atom. The lowest BCUT2D eigenvalue weighted by atomic mass is 9.92. The molecular weight excluding hydrogens is 411 g/mol. The summed E-state index contributed by atoms with van der Waals surface area (Å²) in [6.45, 7) is 15.8. The Labute approximate surface area is 198 Å². The third-order valence-corrected chi connectivity index (χ3v) is 5.56. The first-order valence-electron chi connectivity index (χ1n) is 12.0. The van der Waals surface area contributed by atoms with Gasteiger partial charge in [0.15, 0.2) is 0 Å². The number of pyridine rings is 1. The fraction of sp³-hybridized carbons (Fsp3) is 0.464. The predicted molar refractivity (Wildman–Crippen MR) is 146 cm³/mol. The molecule has 0 radical (unpaired) electrons. The van der Waals surface area contributed by atoms with Crippen molar-refractivity contribution in [3.63, 3.8) is 0 Å². The molecule has 2 aromatic rings. The summed E-state index contributed by atoms with van der Waals surface area (Å²) in [5.74, 6) is 0. The Morgan fingerprint density at radius 3 is 2.47 bits per heavy atom. The number of aromatic nitrogens is 1. The van der Waals surface area contributed by atoms with Crippen molar-refractivity contribution in [2.45, 2.75) is 73.1 Å². The van der Waals surface area contributed by atoms with Crippen LogP contribution in [0, 0.1) is 0 Å². The van der Waals surface area contributed by atoms with Crippen molar-refractivity contribution < 1.29 is 4.89 Å². The number of hydrogen-bond acceptors (Lipinski definition) is 3. The standard InChI is InChI=1S/C26H36N2.C2H7OP/c1-6-10-11-17-27-20(5)18-23-19-28-26-22(14-8-3)15-12-16-24(26)25(23)21(9-4)13-7-2;1-2-4-3/h7,9,12-13,15-16,19,27H,5-6,8,10-11,14,17-18H2,1-4H3;3-4H,2H2,1H3/b13-7-,21-9+;. The van der Waals surface area contributed by atoms with Gasteiger partial charge in [-0.3, -0.25) is 4.98 Å². The summed E-state index contributed by atoms with van der Waals surface area (Å²) in [7, 11) is 0.140. The van der Waals surface area contributed by atoms with Crippen molar-refractivity contribution in [1.82, 2.24) is 10.3 Å². The highest BCUT2D eigenvalue weighted by Crippen LogP contribution is 2.31. The molecule has 3 nitrogen and oxygen atoms in total. The number of aryl methyl sites for hydroxylation is 1. The van der Waals surface area contributed by atoms with Gasteiger partial charge in [-0.2, -0.15) is 0 Å². The maximum atomic E-state index is 7.90. The quantitative estimate of drug-likeness (QED) is 0.197. The maximum Gasteiger partial charge on any atom is 0.0740 e. The van der Waals surface area contributed by atoms with Gasteiger partial charge < -0.3 is 10.2 Å². The van der Waals surface area contributed by atoms with E-state index in [4.69, 9.17) is 9.88 Å². The lowest BCUT2D eigenvalue weighted by molar-refractivity contribution is 0.646. The number of fused-ring (bicyclic) bond motifs is 1. The van der Waals surface area contributed by atoms with Gasteiger partial charge in [0, 0.05) is 39.1 Å². The minimum atomic E-state index is 0.140. The Hall–Kier alpha value is -1.96. The summed E-state index contributed by atoms with van der Waals surface area (Å²) in [6, 6.07) is 6.59. The van der Waals surface area contributed by atoms with Crippen molar-refractivity contribution in [3.8, 4) is 0 Å². The van der Waals surface area contributed by atoms with Crippen LogP contribution in [0.1, 0.15) is 77.0 Å². The third kappa shape index (κ3) is 8.88. The van der Waals surface area contributed by atoms with Crippen LogP contribution in [0.15, 0.2) is 54.9 Å². The fourth-order valence-electron chi connectivity index (χ4n) is 3.71. The van der Waals surface area contributed by atoms with Crippen LogP contribution in [0.3, 0.4) is 0 Å². The van der Waals surface area contributed by atoms with Gasteiger partial charge in [0.1, 0.15) is 0 Å². The van der Waals surface area contributed by atoms with E-state index in [0.717, 1.165) is 43.2 Å². The topological polar surface area (TPSA) is 45.2 Å². The molecule has 0 aliphatic carbocycles. The van der Waals surface area contributed by atoms with Crippen LogP contribution in [0.2, 0.25) is 0 Å². The molecule has 1 aromatic carbocycles. The molecule has 1 atom stereocenters. The first kappa shape index (κ1) is 28.1. The fourth-order valence-corrected chi connectivity index (χ4v) is 3.71. The summed E-state index contributed by atoms with van der Waals surface area (Å²) in [6.07, 6.45) is 16.1. The van der Waals surface area contributed by atoms with Crippen molar-refractivity contribution in [1.29, 1.82) is 0 Å². The molecule has 2 rings (SSSR count). The highest BCUT2D eigenvalue weighted by molar-refractivity contribution is 7.30. The number of hydrogen-bond donors (Lipinski definition) is 2. The summed E-state index contributed by atoms with van der Waals surface area (Å²) >= 11 is 0. The molecule has 0 bridgehead atoms. The molecule has 0 aliphatic heterocycles. The Kier molecular flexibility index (Phi) is 14.6. The van der Waals surface area contributed by atoms with Crippen LogP contribution >= 0.6 is 8.81 Å². The Balaban J connectivity index is 0.00000118. The van der Waals surface area contributed by atoms with E-state index in [9.17, 15) is 0 Å². The molecule has 176 valence electrons. The first-order chi connectivity index (χ1) is 15.6. The number of nitrogens with zero attached hydrogens (tertiary/aromatic N) is 1. The number of rotatable bonds is 12. The summed E-state index contributed by atoms with van der Waals surface area (Å²) in [5, 5.41) is 4.75. The van der Waals surface area contributed by atoms with Crippen LogP contribution in [-0.2, 0) is 12.8 Å². The largest absolute Gasteiger partial charge is 0.389 e. The van der Waals surface area contributed by atoms with Crippen LogP contribution in [0.25, 0.3) is 16.5 Å². The number of nitrogens with one attached hydrogen (secondary N) is 1. The van der Waals surface area contributed by atoms with Crippen molar-refractivity contribution in [2.24, 2.45) is 0 Å². The number of unbranched alkanes of at least 4 members (excludes halogenated alkanes) is 2. The maximum absolute atomic E-state index is 7.90. The van der Waals surface area contributed by atoms with Gasteiger partial charge in [0.05, 0.1) is 5.52 Å². The molecule has 0 aliphatic rings. The van der Waals surface area contributed by atoms with Crippen LogP contribution in [0.4, 0.5) is 0 Å². The molecule has 0 amide bonds. The Bertz CT molecular complexity index is 884. The lowest BCUT2D eigenvalue weighted by Gasteiger charge is -2.17. The molecule has 4 heteroatoms. The van der Waals surface area contributed by atoms with Gasteiger partial charge in [0.25, 0.3) is 0 Å². The van der Waals surface area contributed by atoms with E-state index in [0.29, 0.717) is 0 Å². The van der Waals surface area contributed by atoms with Gasteiger partial charge in [-0.05, 0) is 55.1 Å². The Morgan fingerprint density at radius 1 is 1.12 bits per heavy atom.